The van der Waals surface area contributed by atoms with Crippen LogP contribution in [0.25, 0.3) is 0 Å². The molecule has 1 unspecified atom stereocenters. The van der Waals surface area contributed by atoms with Gasteiger partial charge in [-0.1, -0.05) is 23.7 Å². The summed E-state index contributed by atoms with van der Waals surface area (Å²) in [6.45, 7) is 3.57. The van der Waals surface area contributed by atoms with Crippen molar-refractivity contribution in [2.45, 2.75) is 6.04 Å². The number of benzene rings is 1. The lowest BCUT2D eigenvalue weighted by molar-refractivity contribution is 0.0162. The van der Waals surface area contributed by atoms with Gasteiger partial charge in [0.05, 0.1) is 24.8 Å². The first-order chi connectivity index (χ1) is 11.6. The van der Waals surface area contributed by atoms with Gasteiger partial charge >= 0.3 is 0 Å². The molecule has 1 fully saturated rings. The van der Waals surface area contributed by atoms with Crippen molar-refractivity contribution in [3.63, 3.8) is 0 Å². The van der Waals surface area contributed by atoms with Crippen LogP contribution in [0, 0.1) is 0 Å². The third kappa shape index (κ3) is 4.39. The van der Waals surface area contributed by atoms with Crippen LogP contribution in [-0.4, -0.2) is 43.7 Å². The van der Waals surface area contributed by atoms with Crippen molar-refractivity contribution >= 4 is 33.4 Å². The number of morpholine rings is 1. The molecule has 1 atom stereocenters. The molecule has 7 heteroatoms. The molecule has 0 aliphatic carbocycles. The number of nitrogens with one attached hydrogen (secondary N) is 1. The Hall–Kier alpha value is -1.34. The maximum absolute atomic E-state index is 12.3. The Morgan fingerprint density at radius 1 is 1.29 bits per heavy atom. The van der Waals surface area contributed by atoms with E-state index in [1.807, 2.05) is 24.3 Å². The highest BCUT2D eigenvalue weighted by atomic mass is 79.9. The second kappa shape index (κ2) is 8.16. The first kappa shape index (κ1) is 17.5. The van der Waals surface area contributed by atoms with E-state index in [2.05, 4.69) is 26.1 Å². The second-order valence-electron chi connectivity index (χ2n) is 5.57. The molecule has 24 heavy (non-hydrogen) atoms. The van der Waals surface area contributed by atoms with Gasteiger partial charge in [-0.2, -0.15) is 0 Å². The van der Waals surface area contributed by atoms with Crippen molar-refractivity contribution in [2.24, 2.45) is 0 Å². The quantitative estimate of drug-likeness (QED) is 0.815. The minimum absolute atomic E-state index is 0.0745. The van der Waals surface area contributed by atoms with E-state index in [4.69, 9.17) is 20.8 Å². The van der Waals surface area contributed by atoms with Crippen molar-refractivity contribution in [2.75, 3.05) is 32.8 Å². The Morgan fingerprint density at radius 3 is 2.62 bits per heavy atom. The zero-order chi connectivity index (χ0) is 16.9. The molecule has 1 N–H and O–H groups in total. The fourth-order valence-corrected chi connectivity index (χ4v) is 3.22. The first-order valence-electron chi connectivity index (χ1n) is 7.73. The number of furan rings is 1. The molecular weight excluding hydrogens is 396 g/mol. The molecule has 1 aromatic carbocycles. The lowest BCUT2D eigenvalue weighted by Gasteiger charge is -2.35. The van der Waals surface area contributed by atoms with Gasteiger partial charge in [0.25, 0.3) is 5.91 Å². The molecule has 0 spiro atoms. The molecule has 3 rings (SSSR count). The predicted molar refractivity (Wildman–Crippen MR) is 95.3 cm³/mol. The number of hydrogen-bond donors (Lipinski definition) is 1. The van der Waals surface area contributed by atoms with E-state index < -0.39 is 0 Å². The SMILES string of the molecule is O=C(NCC(c1ccc(Cl)cc1)N1CCOCC1)c1coc(Br)c1. The number of ether oxygens (including phenoxy) is 1. The van der Waals surface area contributed by atoms with E-state index in [9.17, 15) is 4.79 Å². The standard InChI is InChI=1S/C17H18BrClN2O3/c18-16-9-13(11-24-16)17(22)20-10-15(21-5-7-23-8-6-21)12-1-3-14(19)4-2-12/h1-4,9,11,15H,5-8,10H2,(H,20,22). The van der Waals surface area contributed by atoms with Crippen LogP contribution in [0.3, 0.4) is 0 Å². The number of hydrogen-bond acceptors (Lipinski definition) is 4. The van der Waals surface area contributed by atoms with E-state index in [1.165, 1.54) is 6.26 Å². The topological polar surface area (TPSA) is 54.7 Å². The number of carbonyl (C=O) groups is 1. The minimum Gasteiger partial charge on any atom is -0.457 e. The van der Waals surface area contributed by atoms with Crippen molar-refractivity contribution in [3.8, 4) is 0 Å². The monoisotopic (exact) mass is 412 g/mol. The molecule has 5 nitrogen and oxygen atoms in total. The van der Waals surface area contributed by atoms with Gasteiger partial charge in [-0.05, 0) is 33.6 Å². The van der Waals surface area contributed by atoms with E-state index in [0.29, 0.717) is 35.0 Å². The van der Waals surface area contributed by atoms with Crippen LogP contribution in [0.5, 0.6) is 0 Å². The van der Waals surface area contributed by atoms with Gasteiger partial charge in [0.2, 0.25) is 0 Å². The third-order valence-electron chi connectivity index (χ3n) is 4.03. The van der Waals surface area contributed by atoms with Gasteiger partial charge in [-0.25, -0.2) is 0 Å². The molecule has 0 radical (unpaired) electrons. The fourth-order valence-electron chi connectivity index (χ4n) is 2.75. The third-order valence-corrected chi connectivity index (χ3v) is 4.69. The number of carbonyl (C=O) groups excluding carboxylic acids is 1. The summed E-state index contributed by atoms with van der Waals surface area (Å²) in [5.74, 6) is -0.156. The van der Waals surface area contributed by atoms with Crippen molar-refractivity contribution in [1.82, 2.24) is 10.2 Å². The molecule has 1 aromatic heterocycles. The Balaban J connectivity index is 1.71. The Morgan fingerprint density at radius 2 is 2.00 bits per heavy atom. The van der Waals surface area contributed by atoms with Gasteiger partial charge in [-0.15, -0.1) is 0 Å². The van der Waals surface area contributed by atoms with Gasteiger partial charge < -0.3 is 14.5 Å². The van der Waals surface area contributed by atoms with Crippen LogP contribution in [0.4, 0.5) is 0 Å². The Bertz CT molecular complexity index is 683. The summed E-state index contributed by atoms with van der Waals surface area (Å²) in [5, 5.41) is 3.69. The summed E-state index contributed by atoms with van der Waals surface area (Å²) in [6.07, 6.45) is 1.44. The van der Waals surface area contributed by atoms with Crippen LogP contribution in [-0.2, 0) is 4.74 Å². The first-order valence-corrected chi connectivity index (χ1v) is 8.90. The van der Waals surface area contributed by atoms with Crippen molar-refractivity contribution < 1.29 is 13.9 Å². The second-order valence-corrected chi connectivity index (χ2v) is 6.78. The van der Waals surface area contributed by atoms with Crippen LogP contribution < -0.4 is 5.32 Å². The van der Waals surface area contributed by atoms with Crippen LogP contribution in [0.2, 0.25) is 5.02 Å². The average Bonchev–Trinajstić information content (AvgIpc) is 3.04. The molecule has 1 amide bonds. The van der Waals surface area contributed by atoms with Gasteiger partial charge in [0, 0.05) is 30.7 Å². The van der Waals surface area contributed by atoms with Gasteiger partial charge in [0.15, 0.2) is 4.67 Å². The molecule has 2 heterocycles. The molecule has 1 aliphatic rings. The zero-order valence-corrected chi connectivity index (χ0v) is 15.3. The van der Waals surface area contributed by atoms with Crippen molar-refractivity contribution in [3.05, 3.63) is 57.4 Å². The highest BCUT2D eigenvalue weighted by Crippen LogP contribution is 2.23. The Kier molecular flexibility index (Phi) is 5.94. The lowest BCUT2D eigenvalue weighted by Crippen LogP contribution is -2.43. The zero-order valence-electron chi connectivity index (χ0n) is 13.0. The van der Waals surface area contributed by atoms with Crippen LogP contribution in [0.15, 0.2) is 45.7 Å². The average molecular weight is 414 g/mol. The van der Waals surface area contributed by atoms with E-state index in [0.717, 1.165) is 18.7 Å². The van der Waals surface area contributed by atoms with E-state index >= 15 is 0 Å². The maximum Gasteiger partial charge on any atom is 0.254 e. The van der Waals surface area contributed by atoms with Crippen LogP contribution in [0.1, 0.15) is 22.0 Å². The van der Waals surface area contributed by atoms with Gasteiger partial charge in [0.1, 0.15) is 6.26 Å². The van der Waals surface area contributed by atoms with Crippen molar-refractivity contribution in [1.29, 1.82) is 0 Å². The lowest BCUT2D eigenvalue weighted by atomic mass is 10.0. The summed E-state index contributed by atoms with van der Waals surface area (Å²) in [6, 6.07) is 9.48. The predicted octanol–water partition coefficient (Wildman–Crippen LogP) is 3.50. The van der Waals surface area contributed by atoms with E-state index in [-0.39, 0.29) is 11.9 Å². The molecular formula is C17H18BrClN2O3. The summed E-state index contributed by atoms with van der Waals surface area (Å²) in [7, 11) is 0. The normalized spacial score (nSPS) is 16.8. The highest BCUT2D eigenvalue weighted by Gasteiger charge is 2.23. The Labute approximate surface area is 154 Å². The van der Waals surface area contributed by atoms with Gasteiger partial charge in [-0.3, -0.25) is 9.69 Å². The summed E-state index contributed by atoms with van der Waals surface area (Å²) >= 11 is 9.20. The molecule has 1 saturated heterocycles. The molecule has 0 bridgehead atoms. The number of halogens is 2. The minimum atomic E-state index is -0.156. The summed E-state index contributed by atoms with van der Waals surface area (Å²) in [5.41, 5.74) is 1.62. The molecule has 2 aromatic rings. The summed E-state index contributed by atoms with van der Waals surface area (Å²) in [4.78, 5) is 14.6. The fraction of sp³-hybridized carbons (Fsp3) is 0.353. The van der Waals surface area contributed by atoms with Crippen LogP contribution >= 0.6 is 27.5 Å². The smallest absolute Gasteiger partial charge is 0.254 e. The largest absolute Gasteiger partial charge is 0.457 e. The number of amides is 1. The molecule has 1 aliphatic heterocycles. The van der Waals surface area contributed by atoms with E-state index in [1.54, 1.807) is 6.07 Å². The summed E-state index contributed by atoms with van der Waals surface area (Å²) < 4.78 is 11.1. The maximum atomic E-state index is 12.3. The molecule has 0 saturated carbocycles. The number of nitrogens with zero attached hydrogens (tertiary/aromatic N) is 1. The highest BCUT2D eigenvalue weighted by molar-refractivity contribution is 9.10. The number of rotatable bonds is 5. The molecule has 128 valence electrons.